The SMILES string of the molecule is CC(C)N(CC(=O)O)C(=O)N1CCC(N2CCCC2)C1. The van der Waals surface area contributed by atoms with E-state index in [9.17, 15) is 9.59 Å². The first-order valence-electron chi connectivity index (χ1n) is 7.50. The molecule has 0 radical (unpaired) electrons. The van der Waals surface area contributed by atoms with E-state index in [4.69, 9.17) is 5.11 Å². The first-order chi connectivity index (χ1) is 9.49. The highest BCUT2D eigenvalue weighted by Gasteiger charge is 2.34. The van der Waals surface area contributed by atoms with E-state index in [-0.39, 0.29) is 18.6 Å². The average Bonchev–Trinajstić information content (AvgIpc) is 3.04. The second kappa shape index (κ2) is 6.43. The van der Waals surface area contributed by atoms with E-state index >= 15 is 0 Å². The number of amides is 2. The van der Waals surface area contributed by atoms with Gasteiger partial charge in [0.25, 0.3) is 0 Å². The number of urea groups is 1. The van der Waals surface area contributed by atoms with Gasteiger partial charge in [0.1, 0.15) is 6.54 Å². The predicted octanol–water partition coefficient (Wildman–Crippen LogP) is 1.07. The molecule has 2 amide bonds. The van der Waals surface area contributed by atoms with Crippen LogP contribution in [0, 0.1) is 0 Å². The lowest BCUT2D eigenvalue weighted by molar-refractivity contribution is -0.138. The summed E-state index contributed by atoms with van der Waals surface area (Å²) in [5.41, 5.74) is 0. The summed E-state index contributed by atoms with van der Waals surface area (Å²) in [6.45, 7) is 7.24. The van der Waals surface area contributed by atoms with Crippen LogP contribution in [0.4, 0.5) is 4.79 Å². The van der Waals surface area contributed by atoms with Crippen molar-refractivity contribution >= 4 is 12.0 Å². The standard InChI is InChI=1S/C14H25N3O3/c1-11(2)17(10-13(18)19)14(20)16-8-5-12(9-16)15-6-3-4-7-15/h11-12H,3-10H2,1-2H3,(H,18,19). The van der Waals surface area contributed by atoms with Crippen LogP contribution in [0.15, 0.2) is 0 Å². The Labute approximate surface area is 120 Å². The van der Waals surface area contributed by atoms with Crippen molar-refractivity contribution in [3.05, 3.63) is 0 Å². The van der Waals surface area contributed by atoms with E-state index in [0.717, 1.165) is 32.6 Å². The molecule has 114 valence electrons. The molecule has 0 aromatic heterocycles. The Balaban J connectivity index is 1.93. The fourth-order valence-electron chi connectivity index (χ4n) is 3.12. The van der Waals surface area contributed by atoms with Crippen molar-refractivity contribution in [2.75, 3.05) is 32.7 Å². The highest BCUT2D eigenvalue weighted by molar-refractivity contribution is 5.80. The third-order valence-electron chi connectivity index (χ3n) is 4.27. The van der Waals surface area contributed by atoms with Gasteiger partial charge in [-0.15, -0.1) is 0 Å². The number of hydrogen-bond acceptors (Lipinski definition) is 3. The Morgan fingerprint density at radius 2 is 1.90 bits per heavy atom. The van der Waals surface area contributed by atoms with Crippen LogP contribution in [0.5, 0.6) is 0 Å². The van der Waals surface area contributed by atoms with E-state index in [1.807, 2.05) is 18.7 Å². The van der Waals surface area contributed by atoms with Gasteiger partial charge in [0.15, 0.2) is 0 Å². The summed E-state index contributed by atoms with van der Waals surface area (Å²) in [7, 11) is 0. The molecule has 1 N–H and O–H groups in total. The number of rotatable bonds is 4. The summed E-state index contributed by atoms with van der Waals surface area (Å²) in [4.78, 5) is 29.1. The Morgan fingerprint density at radius 3 is 2.45 bits per heavy atom. The monoisotopic (exact) mass is 283 g/mol. The molecule has 0 bridgehead atoms. The van der Waals surface area contributed by atoms with Crippen LogP contribution in [0.3, 0.4) is 0 Å². The smallest absolute Gasteiger partial charge is 0.323 e. The maximum atomic E-state index is 12.5. The van der Waals surface area contributed by atoms with Gasteiger partial charge in [-0.25, -0.2) is 4.79 Å². The van der Waals surface area contributed by atoms with E-state index in [2.05, 4.69) is 4.90 Å². The molecule has 2 heterocycles. The quantitative estimate of drug-likeness (QED) is 0.838. The lowest BCUT2D eigenvalue weighted by Crippen LogP contribution is -2.48. The molecule has 2 aliphatic rings. The molecule has 2 aliphatic heterocycles. The van der Waals surface area contributed by atoms with Crippen LogP contribution >= 0.6 is 0 Å². The summed E-state index contributed by atoms with van der Waals surface area (Å²) in [5.74, 6) is -0.956. The van der Waals surface area contributed by atoms with Gasteiger partial charge in [-0.1, -0.05) is 0 Å². The highest BCUT2D eigenvalue weighted by Crippen LogP contribution is 2.21. The summed E-state index contributed by atoms with van der Waals surface area (Å²) in [6, 6.07) is 0.230. The van der Waals surface area contributed by atoms with Crippen LogP contribution in [0.2, 0.25) is 0 Å². The van der Waals surface area contributed by atoms with Crippen molar-refractivity contribution in [1.82, 2.24) is 14.7 Å². The zero-order valence-corrected chi connectivity index (χ0v) is 12.4. The van der Waals surface area contributed by atoms with Gasteiger partial charge >= 0.3 is 12.0 Å². The Bertz CT molecular complexity index is 367. The number of nitrogens with zero attached hydrogens (tertiary/aromatic N) is 3. The van der Waals surface area contributed by atoms with Gasteiger partial charge in [0, 0.05) is 25.2 Å². The van der Waals surface area contributed by atoms with Gasteiger partial charge in [0.05, 0.1) is 0 Å². The molecule has 2 saturated heterocycles. The zero-order chi connectivity index (χ0) is 14.7. The van der Waals surface area contributed by atoms with Crippen molar-refractivity contribution < 1.29 is 14.7 Å². The van der Waals surface area contributed by atoms with Gasteiger partial charge < -0.3 is 14.9 Å². The summed E-state index contributed by atoms with van der Waals surface area (Å²) < 4.78 is 0. The molecule has 2 fully saturated rings. The fraction of sp³-hybridized carbons (Fsp3) is 0.857. The van der Waals surface area contributed by atoms with Gasteiger partial charge in [0.2, 0.25) is 0 Å². The van der Waals surface area contributed by atoms with Crippen LogP contribution in [0.1, 0.15) is 33.1 Å². The lowest BCUT2D eigenvalue weighted by atomic mass is 10.2. The molecular weight excluding hydrogens is 258 g/mol. The summed E-state index contributed by atoms with van der Waals surface area (Å²) in [5, 5.41) is 8.93. The number of carboxylic acids is 1. The van der Waals surface area contributed by atoms with E-state index in [0.29, 0.717) is 6.04 Å². The molecule has 0 spiro atoms. The number of carbonyl (C=O) groups excluding carboxylic acids is 1. The molecule has 0 aromatic rings. The number of likely N-dealkylation sites (tertiary alicyclic amines) is 2. The third-order valence-corrected chi connectivity index (χ3v) is 4.27. The van der Waals surface area contributed by atoms with Crippen LogP contribution < -0.4 is 0 Å². The zero-order valence-electron chi connectivity index (χ0n) is 12.4. The molecule has 2 rings (SSSR count). The number of carboxylic acid groups (broad SMARTS) is 1. The molecular formula is C14H25N3O3. The third kappa shape index (κ3) is 3.42. The largest absolute Gasteiger partial charge is 0.480 e. The van der Waals surface area contributed by atoms with Crippen LogP contribution in [-0.2, 0) is 4.79 Å². The average molecular weight is 283 g/mol. The number of hydrogen-bond donors (Lipinski definition) is 1. The number of carbonyl (C=O) groups is 2. The second-order valence-corrected chi connectivity index (χ2v) is 6.03. The second-order valence-electron chi connectivity index (χ2n) is 6.03. The Kier molecular flexibility index (Phi) is 4.86. The topological polar surface area (TPSA) is 64.1 Å². The molecule has 0 aromatic carbocycles. The maximum absolute atomic E-state index is 12.5. The predicted molar refractivity (Wildman–Crippen MR) is 75.7 cm³/mol. The van der Waals surface area contributed by atoms with Crippen molar-refractivity contribution in [2.45, 2.75) is 45.2 Å². The van der Waals surface area contributed by atoms with Crippen LogP contribution in [-0.4, -0.2) is 76.6 Å². The molecule has 20 heavy (non-hydrogen) atoms. The minimum absolute atomic E-state index is 0.0931. The van der Waals surface area contributed by atoms with Gasteiger partial charge in [-0.3, -0.25) is 9.69 Å². The van der Waals surface area contributed by atoms with E-state index in [1.165, 1.54) is 17.7 Å². The molecule has 6 heteroatoms. The minimum atomic E-state index is -0.956. The van der Waals surface area contributed by atoms with Gasteiger partial charge in [-0.2, -0.15) is 0 Å². The molecule has 1 atom stereocenters. The fourth-order valence-corrected chi connectivity index (χ4v) is 3.12. The van der Waals surface area contributed by atoms with Crippen molar-refractivity contribution in [2.24, 2.45) is 0 Å². The van der Waals surface area contributed by atoms with E-state index in [1.54, 1.807) is 0 Å². The van der Waals surface area contributed by atoms with Gasteiger partial charge in [-0.05, 0) is 46.2 Å². The molecule has 6 nitrogen and oxygen atoms in total. The summed E-state index contributed by atoms with van der Waals surface area (Å²) >= 11 is 0. The first-order valence-corrected chi connectivity index (χ1v) is 7.50. The van der Waals surface area contributed by atoms with Crippen molar-refractivity contribution in [3.8, 4) is 0 Å². The minimum Gasteiger partial charge on any atom is -0.480 e. The molecule has 0 aliphatic carbocycles. The van der Waals surface area contributed by atoms with Crippen molar-refractivity contribution in [3.63, 3.8) is 0 Å². The van der Waals surface area contributed by atoms with Crippen LogP contribution in [0.25, 0.3) is 0 Å². The Hall–Kier alpha value is -1.30. The number of aliphatic carboxylic acids is 1. The lowest BCUT2D eigenvalue weighted by Gasteiger charge is -2.30. The van der Waals surface area contributed by atoms with E-state index < -0.39 is 5.97 Å². The Morgan fingerprint density at radius 1 is 1.25 bits per heavy atom. The normalized spacial score (nSPS) is 23.6. The maximum Gasteiger partial charge on any atom is 0.323 e. The molecule has 1 unspecified atom stereocenters. The summed E-state index contributed by atoms with van der Waals surface area (Å²) in [6.07, 6.45) is 3.51. The highest BCUT2D eigenvalue weighted by atomic mass is 16.4. The molecule has 0 saturated carbocycles. The van der Waals surface area contributed by atoms with Crippen molar-refractivity contribution in [1.29, 1.82) is 0 Å². The first kappa shape index (κ1) is 15.1.